The Hall–Kier alpha value is -0.535. The Balaban J connectivity index is 0.000000861. The quantitative estimate of drug-likeness (QED) is 0.646. The molecule has 0 aromatic rings. The van der Waals surface area contributed by atoms with Crippen LogP contribution in [0.4, 0.5) is 0 Å². The predicted octanol–water partition coefficient (Wildman–Crippen LogP) is 4.56. The second-order valence-electron chi connectivity index (χ2n) is 6.27. The van der Waals surface area contributed by atoms with E-state index in [1.807, 2.05) is 13.8 Å². The van der Waals surface area contributed by atoms with E-state index in [2.05, 4.69) is 53.7 Å². The summed E-state index contributed by atoms with van der Waals surface area (Å²) < 4.78 is 12.2. The van der Waals surface area contributed by atoms with Gasteiger partial charge in [0.25, 0.3) is 0 Å². The monoisotopic (exact) mass is 264 g/mol. The molecule has 1 aliphatic heterocycles. The van der Waals surface area contributed by atoms with Crippen molar-refractivity contribution in [3.05, 3.63) is 23.2 Å². The smallest absolute Gasteiger partial charge is 0.399 e. The van der Waals surface area contributed by atoms with Gasteiger partial charge in [-0.2, -0.15) is 0 Å². The van der Waals surface area contributed by atoms with Crippen LogP contribution in [0.3, 0.4) is 0 Å². The van der Waals surface area contributed by atoms with E-state index in [9.17, 15) is 0 Å². The third-order valence-corrected chi connectivity index (χ3v) is 4.49. The molecule has 0 bridgehead atoms. The van der Waals surface area contributed by atoms with Gasteiger partial charge >= 0.3 is 7.12 Å². The zero-order chi connectivity index (χ0) is 14.8. The molecule has 108 valence electrons. The molecule has 2 rings (SSSR count). The third-order valence-electron chi connectivity index (χ3n) is 4.49. The summed E-state index contributed by atoms with van der Waals surface area (Å²) in [7, 11) is -0.209. The molecule has 0 spiro atoms. The number of hydrogen-bond donors (Lipinski definition) is 0. The summed E-state index contributed by atoms with van der Waals surface area (Å²) >= 11 is 0. The fourth-order valence-electron chi connectivity index (χ4n) is 2.23. The van der Waals surface area contributed by atoms with Crippen molar-refractivity contribution >= 4 is 7.12 Å². The highest BCUT2D eigenvalue weighted by atomic mass is 16.7. The molecular weight excluding hydrogens is 235 g/mol. The zero-order valence-corrected chi connectivity index (χ0v) is 13.8. The highest BCUT2D eigenvalue weighted by Gasteiger charge is 2.52. The lowest BCUT2D eigenvalue weighted by atomic mass is 9.70. The topological polar surface area (TPSA) is 18.5 Å². The lowest BCUT2D eigenvalue weighted by Crippen LogP contribution is -2.41. The predicted molar refractivity (Wildman–Crippen MR) is 83.1 cm³/mol. The molecule has 1 unspecified atom stereocenters. The van der Waals surface area contributed by atoms with Crippen LogP contribution in [0.2, 0.25) is 0 Å². The maximum absolute atomic E-state index is 6.09. The standard InChI is InChI=1S/C14H23BO2.C2H6/c1-10-8-7-9-12(11(10)2)15-16-13(3,4)14(5,6)17-15;1-2/h7,9-10H,8H2,1-6H3;1-2H3. The van der Waals surface area contributed by atoms with Gasteiger partial charge in [0.2, 0.25) is 0 Å². The van der Waals surface area contributed by atoms with E-state index in [0.29, 0.717) is 5.92 Å². The van der Waals surface area contributed by atoms with Gasteiger partial charge in [-0.3, -0.25) is 0 Å². The first-order chi connectivity index (χ1) is 8.74. The molecule has 3 heteroatoms. The van der Waals surface area contributed by atoms with E-state index in [-0.39, 0.29) is 18.3 Å². The van der Waals surface area contributed by atoms with Gasteiger partial charge < -0.3 is 9.31 Å². The zero-order valence-electron chi connectivity index (χ0n) is 13.8. The second kappa shape index (κ2) is 5.84. The van der Waals surface area contributed by atoms with Crippen LogP contribution in [0.15, 0.2) is 23.2 Å². The molecule has 0 saturated carbocycles. The number of allylic oxidation sites excluding steroid dienone is 4. The molecule has 1 saturated heterocycles. The van der Waals surface area contributed by atoms with Crippen molar-refractivity contribution in [1.29, 1.82) is 0 Å². The first-order valence-electron chi connectivity index (χ1n) is 7.47. The van der Waals surface area contributed by atoms with E-state index in [4.69, 9.17) is 9.31 Å². The first-order valence-corrected chi connectivity index (χ1v) is 7.47. The second-order valence-corrected chi connectivity index (χ2v) is 6.27. The molecule has 0 amide bonds. The van der Waals surface area contributed by atoms with Gasteiger partial charge in [0, 0.05) is 0 Å². The minimum absolute atomic E-state index is 0.209. The molecule has 0 aromatic heterocycles. The normalized spacial score (nSPS) is 28.2. The van der Waals surface area contributed by atoms with Crippen molar-refractivity contribution in [3.8, 4) is 0 Å². The van der Waals surface area contributed by atoms with Gasteiger partial charge in [0.05, 0.1) is 11.2 Å². The van der Waals surface area contributed by atoms with Crippen LogP contribution in [0.1, 0.15) is 61.8 Å². The Morgan fingerprint density at radius 3 is 2.05 bits per heavy atom. The summed E-state index contributed by atoms with van der Waals surface area (Å²) in [5, 5.41) is 0. The van der Waals surface area contributed by atoms with E-state index >= 15 is 0 Å². The van der Waals surface area contributed by atoms with E-state index < -0.39 is 0 Å². The Morgan fingerprint density at radius 1 is 1.11 bits per heavy atom. The summed E-state index contributed by atoms with van der Waals surface area (Å²) in [5.41, 5.74) is 2.10. The van der Waals surface area contributed by atoms with Crippen molar-refractivity contribution in [2.75, 3.05) is 0 Å². The van der Waals surface area contributed by atoms with Crippen molar-refractivity contribution in [2.24, 2.45) is 5.92 Å². The summed E-state index contributed by atoms with van der Waals surface area (Å²) in [4.78, 5) is 0. The van der Waals surface area contributed by atoms with Gasteiger partial charge in [0.1, 0.15) is 0 Å². The van der Waals surface area contributed by atoms with Crippen molar-refractivity contribution in [1.82, 2.24) is 0 Å². The van der Waals surface area contributed by atoms with Gasteiger partial charge in [-0.15, -0.1) is 0 Å². The molecule has 2 aliphatic rings. The molecule has 1 fully saturated rings. The van der Waals surface area contributed by atoms with Crippen molar-refractivity contribution < 1.29 is 9.31 Å². The number of hydrogen-bond acceptors (Lipinski definition) is 2. The molecular formula is C16H29BO2. The minimum Gasteiger partial charge on any atom is -0.399 e. The van der Waals surface area contributed by atoms with Crippen LogP contribution in [-0.2, 0) is 9.31 Å². The van der Waals surface area contributed by atoms with Crippen LogP contribution in [0, 0.1) is 5.92 Å². The van der Waals surface area contributed by atoms with E-state index in [1.165, 1.54) is 11.0 Å². The largest absolute Gasteiger partial charge is 0.494 e. The van der Waals surface area contributed by atoms with Crippen LogP contribution in [-0.4, -0.2) is 18.3 Å². The highest BCUT2D eigenvalue weighted by molar-refractivity contribution is 6.56. The molecule has 1 heterocycles. The van der Waals surface area contributed by atoms with Crippen molar-refractivity contribution in [3.63, 3.8) is 0 Å². The lowest BCUT2D eigenvalue weighted by molar-refractivity contribution is 0.00578. The summed E-state index contributed by atoms with van der Waals surface area (Å²) in [6, 6.07) is 0. The summed E-state index contributed by atoms with van der Waals surface area (Å²) in [5.74, 6) is 0.592. The SMILES string of the molecule is CC.CC1=C(B2OC(C)(C)C(C)(C)O2)C=CCC1C. The molecule has 0 N–H and O–H groups in total. The van der Waals surface area contributed by atoms with Gasteiger partial charge in [0.15, 0.2) is 0 Å². The fraction of sp³-hybridized carbons (Fsp3) is 0.750. The number of rotatable bonds is 1. The average Bonchev–Trinajstić information content (AvgIpc) is 2.54. The fourth-order valence-corrected chi connectivity index (χ4v) is 2.23. The van der Waals surface area contributed by atoms with Crippen LogP contribution >= 0.6 is 0 Å². The lowest BCUT2D eigenvalue weighted by Gasteiger charge is -2.32. The molecule has 0 radical (unpaired) electrons. The molecule has 1 aliphatic carbocycles. The Kier molecular flexibility index (Phi) is 5.08. The third kappa shape index (κ3) is 3.14. The molecule has 2 nitrogen and oxygen atoms in total. The van der Waals surface area contributed by atoms with Gasteiger partial charge in [-0.25, -0.2) is 0 Å². The average molecular weight is 264 g/mol. The van der Waals surface area contributed by atoms with Gasteiger partial charge in [-0.05, 0) is 52.4 Å². The van der Waals surface area contributed by atoms with Crippen molar-refractivity contribution in [2.45, 2.75) is 73.0 Å². The summed E-state index contributed by atoms with van der Waals surface area (Å²) in [6.07, 6.45) is 5.50. The van der Waals surface area contributed by atoms with Gasteiger partial charge in [-0.1, -0.05) is 38.5 Å². The Morgan fingerprint density at radius 2 is 1.58 bits per heavy atom. The van der Waals surface area contributed by atoms with E-state index in [1.54, 1.807) is 0 Å². The molecule has 0 aromatic carbocycles. The highest BCUT2D eigenvalue weighted by Crippen LogP contribution is 2.40. The Labute approximate surface area is 119 Å². The molecule has 1 atom stereocenters. The summed E-state index contributed by atoms with van der Waals surface area (Å²) in [6.45, 7) is 16.8. The minimum atomic E-state index is -0.251. The maximum atomic E-state index is 6.09. The molecule has 19 heavy (non-hydrogen) atoms. The van der Waals surface area contributed by atoms with Crippen LogP contribution in [0.5, 0.6) is 0 Å². The van der Waals surface area contributed by atoms with E-state index in [0.717, 1.165) is 6.42 Å². The van der Waals surface area contributed by atoms with Crippen LogP contribution < -0.4 is 0 Å². The Bertz CT molecular complexity index is 364. The first kappa shape index (κ1) is 16.5. The van der Waals surface area contributed by atoms with Crippen LogP contribution in [0.25, 0.3) is 0 Å². The maximum Gasteiger partial charge on any atom is 0.494 e.